The molecular formula is C18H36N2. The molecule has 2 fully saturated rings. The van der Waals surface area contributed by atoms with Gasteiger partial charge in [0.05, 0.1) is 0 Å². The molecule has 0 unspecified atom stereocenters. The minimum Gasteiger partial charge on any atom is -0.316 e. The Morgan fingerprint density at radius 3 is 2.40 bits per heavy atom. The van der Waals surface area contributed by atoms with E-state index in [-0.39, 0.29) is 0 Å². The smallest absolute Gasteiger partial charge is 0.00503 e. The molecule has 0 radical (unpaired) electrons. The summed E-state index contributed by atoms with van der Waals surface area (Å²) in [6.45, 7) is 11.1. The Labute approximate surface area is 126 Å². The van der Waals surface area contributed by atoms with E-state index < -0.39 is 0 Å². The van der Waals surface area contributed by atoms with Gasteiger partial charge in [0.25, 0.3) is 0 Å². The summed E-state index contributed by atoms with van der Waals surface area (Å²) in [5.41, 5.74) is 0.581. The van der Waals surface area contributed by atoms with Crippen molar-refractivity contribution >= 4 is 0 Å². The van der Waals surface area contributed by atoms with Gasteiger partial charge in [-0.15, -0.1) is 0 Å². The second-order valence-corrected chi connectivity index (χ2v) is 7.42. The maximum Gasteiger partial charge on any atom is 0.00503 e. The summed E-state index contributed by atoms with van der Waals surface area (Å²) in [7, 11) is 0. The van der Waals surface area contributed by atoms with Crippen LogP contribution in [0.15, 0.2) is 0 Å². The van der Waals surface area contributed by atoms with E-state index in [1.54, 1.807) is 0 Å². The zero-order chi connectivity index (χ0) is 14.3. The quantitative estimate of drug-likeness (QED) is 0.607. The van der Waals surface area contributed by atoms with Gasteiger partial charge in [0.1, 0.15) is 0 Å². The Kier molecular flexibility index (Phi) is 6.83. The average molecular weight is 280 g/mol. The maximum absolute atomic E-state index is 3.74. The van der Waals surface area contributed by atoms with Gasteiger partial charge in [-0.2, -0.15) is 0 Å². The van der Waals surface area contributed by atoms with Crippen LogP contribution in [-0.2, 0) is 0 Å². The molecule has 0 heterocycles. The van der Waals surface area contributed by atoms with Gasteiger partial charge in [0, 0.05) is 19.6 Å². The summed E-state index contributed by atoms with van der Waals surface area (Å²) < 4.78 is 0. The first-order chi connectivity index (χ1) is 9.78. The van der Waals surface area contributed by atoms with Crippen LogP contribution < -0.4 is 5.32 Å². The molecule has 20 heavy (non-hydrogen) atoms. The van der Waals surface area contributed by atoms with Gasteiger partial charge < -0.3 is 10.2 Å². The summed E-state index contributed by atoms with van der Waals surface area (Å²) >= 11 is 0. The Morgan fingerprint density at radius 2 is 1.80 bits per heavy atom. The lowest BCUT2D eigenvalue weighted by Gasteiger charge is -2.41. The minimum atomic E-state index is 0.581. The number of nitrogens with zero attached hydrogens (tertiary/aromatic N) is 1. The van der Waals surface area contributed by atoms with Crippen molar-refractivity contribution in [3.05, 3.63) is 0 Å². The van der Waals surface area contributed by atoms with Crippen LogP contribution in [0.3, 0.4) is 0 Å². The van der Waals surface area contributed by atoms with Crippen molar-refractivity contribution in [2.45, 2.75) is 71.6 Å². The first-order valence-corrected chi connectivity index (χ1v) is 9.21. The molecule has 0 amide bonds. The average Bonchev–Trinajstić information content (AvgIpc) is 3.24. The largest absolute Gasteiger partial charge is 0.316 e. The molecule has 2 aliphatic carbocycles. The number of nitrogens with one attached hydrogen (secondary N) is 1. The Bertz CT molecular complexity index is 254. The monoisotopic (exact) mass is 280 g/mol. The lowest BCUT2D eigenvalue weighted by atomic mass is 9.73. The maximum atomic E-state index is 3.74. The van der Waals surface area contributed by atoms with Crippen LogP contribution in [0, 0.1) is 11.3 Å². The molecule has 1 N–H and O–H groups in total. The van der Waals surface area contributed by atoms with Gasteiger partial charge in [-0.05, 0) is 62.9 Å². The fourth-order valence-corrected chi connectivity index (χ4v) is 3.91. The normalized spacial score (nSPS) is 22.4. The third-order valence-electron chi connectivity index (χ3n) is 5.15. The van der Waals surface area contributed by atoms with Crippen molar-refractivity contribution in [3.63, 3.8) is 0 Å². The Morgan fingerprint density at radius 1 is 1.05 bits per heavy atom. The number of hydrogen-bond donors (Lipinski definition) is 1. The zero-order valence-electron chi connectivity index (χ0n) is 13.9. The lowest BCUT2D eigenvalue weighted by Crippen LogP contribution is -2.46. The standard InChI is InChI=1S/C18H36N2/c1-3-12-19-15-18(10-6-5-7-11-18)16-20(13-4-2)14-17-8-9-17/h17,19H,3-16H2,1-2H3. The number of rotatable bonds is 10. The predicted molar refractivity (Wildman–Crippen MR) is 88.1 cm³/mol. The van der Waals surface area contributed by atoms with Crippen LogP contribution in [-0.4, -0.2) is 37.6 Å². The zero-order valence-corrected chi connectivity index (χ0v) is 13.9. The third kappa shape index (κ3) is 5.37. The molecule has 2 rings (SSSR count). The topological polar surface area (TPSA) is 15.3 Å². The van der Waals surface area contributed by atoms with Crippen molar-refractivity contribution in [2.75, 3.05) is 32.7 Å². The molecule has 2 aliphatic rings. The van der Waals surface area contributed by atoms with Gasteiger partial charge in [-0.25, -0.2) is 0 Å². The van der Waals surface area contributed by atoms with E-state index in [4.69, 9.17) is 0 Å². The second kappa shape index (κ2) is 8.38. The molecule has 118 valence electrons. The molecule has 0 aliphatic heterocycles. The SMILES string of the molecule is CCCNCC1(CN(CCC)CC2CC2)CCCCC1. The summed E-state index contributed by atoms with van der Waals surface area (Å²) in [6.07, 6.45) is 12.8. The van der Waals surface area contributed by atoms with E-state index in [0.29, 0.717) is 5.41 Å². The molecule has 2 heteroatoms. The first kappa shape index (κ1) is 16.3. The molecular weight excluding hydrogens is 244 g/mol. The Balaban J connectivity index is 1.88. The first-order valence-electron chi connectivity index (χ1n) is 9.21. The molecule has 0 aromatic rings. The van der Waals surface area contributed by atoms with E-state index in [2.05, 4.69) is 24.1 Å². The van der Waals surface area contributed by atoms with Gasteiger partial charge >= 0.3 is 0 Å². The Hall–Kier alpha value is -0.0800. The van der Waals surface area contributed by atoms with Crippen molar-refractivity contribution in [3.8, 4) is 0 Å². The van der Waals surface area contributed by atoms with Crippen LogP contribution in [0.2, 0.25) is 0 Å². The van der Waals surface area contributed by atoms with Crippen molar-refractivity contribution in [1.29, 1.82) is 0 Å². The third-order valence-corrected chi connectivity index (χ3v) is 5.15. The van der Waals surface area contributed by atoms with Crippen LogP contribution >= 0.6 is 0 Å². The van der Waals surface area contributed by atoms with Gasteiger partial charge in [-0.1, -0.05) is 33.1 Å². The van der Waals surface area contributed by atoms with Crippen LogP contribution in [0.25, 0.3) is 0 Å². The molecule has 0 saturated heterocycles. The van der Waals surface area contributed by atoms with Crippen molar-refractivity contribution in [1.82, 2.24) is 10.2 Å². The molecule has 2 saturated carbocycles. The fraction of sp³-hybridized carbons (Fsp3) is 1.00. The molecule has 0 bridgehead atoms. The summed E-state index contributed by atoms with van der Waals surface area (Å²) in [4.78, 5) is 2.80. The number of hydrogen-bond acceptors (Lipinski definition) is 2. The second-order valence-electron chi connectivity index (χ2n) is 7.42. The van der Waals surface area contributed by atoms with Crippen molar-refractivity contribution in [2.24, 2.45) is 11.3 Å². The minimum absolute atomic E-state index is 0.581. The van der Waals surface area contributed by atoms with Gasteiger partial charge in [0.15, 0.2) is 0 Å². The predicted octanol–water partition coefficient (Wildman–Crippen LogP) is 4.06. The van der Waals surface area contributed by atoms with E-state index in [1.165, 1.54) is 90.5 Å². The van der Waals surface area contributed by atoms with Crippen molar-refractivity contribution < 1.29 is 0 Å². The molecule has 0 aromatic carbocycles. The molecule has 2 nitrogen and oxygen atoms in total. The lowest BCUT2D eigenvalue weighted by molar-refractivity contribution is 0.0990. The highest BCUT2D eigenvalue weighted by molar-refractivity contribution is 4.89. The highest BCUT2D eigenvalue weighted by Crippen LogP contribution is 2.38. The highest BCUT2D eigenvalue weighted by Gasteiger charge is 2.34. The summed E-state index contributed by atoms with van der Waals surface area (Å²) in [6, 6.07) is 0. The van der Waals surface area contributed by atoms with E-state index in [1.807, 2.05) is 0 Å². The van der Waals surface area contributed by atoms with Crippen LogP contribution in [0.5, 0.6) is 0 Å². The molecule has 0 atom stereocenters. The molecule has 0 aromatic heterocycles. The van der Waals surface area contributed by atoms with E-state index in [9.17, 15) is 0 Å². The highest BCUT2D eigenvalue weighted by atomic mass is 15.1. The fourth-order valence-electron chi connectivity index (χ4n) is 3.91. The molecule has 0 spiro atoms. The van der Waals surface area contributed by atoms with Gasteiger partial charge in [-0.3, -0.25) is 0 Å². The summed E-state index contributed by atoms with van der Waals surface area (Å²) in [5, 5.41) is 3.74. The van der Waals surface area contributed by atoms with E-state index in [0.717, 1.165) is 5.92 Å². The van der Waals surface area contributed by atoms with Crippen LogP contribution in [0.4, 0.5) is 0 Å². The van der Waals surface area contributed by atoms with Gasteiger partial charge in [0.2, 0.25) is 0 Å². The van der Waals surface area contributed by atoms with Crippen LogP contribution in [0.1, 0.15) is 71.6 Å². The van der Waals surface area contributed by atoms with E-state index >= 15 is 0 Å². The summed E-state index contributed by atoms with van der Waals surface area (Å²) in [5.74, 6) is 1.03.